The van der Waals surface area contributed by atoms with Crippen LogP contribution in [-0.2, 0) is 9.59 Å². The van der Waals surface area contributed by atoms with Gasteiger partial charge in [0.05, 0.1) is 4.92 Å². The van der Waals surface area contributed by atoms with Crippen LogP contribution in [0, 0.1) is 22.5 Å². The lowest BCUT2D eigenvalue weighted by atomic mass is 10.2. The van der Waals surface area contributed by atoms with Gasteiger partial charge in [-0.3, -0.25) is 14.9 Å². The minimum Gasteiger partial charge on any atom is -0.480 e. The number of nitro benzene ring substituents is 1. The van der Waals surface area contributed by atoms with Gasteiger partial charge in [-0.05, 0) is 11.6 Å². The highest BCUT2D eigenvalue weighted by Gasteiger charge is 2.17. The fourth-order valence-electron chi connectivity index (χ4n) is 1.45. The average molecular weight is 288 g/mol. The highest BCUT2D eigenvalue weighted by Crippen LogP contribution is 2.13. The SMILES string of the molecule is C#CCC(NC(=O)/C=C/c1cccc([N+](=O)[O-])c1)C(=O)O. The Bertz CT molecular complexity index is 630. The number of carboxylic acid groups (broad SMARTS) is 1. The number of terminal acetylenes is 1. The maximum absolute atomic E-state index is 11.6. The van der Waals surface area contributed by atoms with Gasteiger partial charge in [-0.1, -0.05) is 12.1 Å². The van der Waals surface area contributed by atoms with Crippen LogP contribution in [0.2, 0.25) is 0 Å². The number of carbonyl (C=O) groups excluding carboxylic acids is 1. The van der Waals surface area contributed by atoms with Gasteiger partial charge in [-0.25, -0.2) is 4.79 Å². The number of carbonyl (C=O) groups is 2. The molecule has 0 radical (unpaired) electrons. The third-order valence-electron chi connectivity index (χ3n) is 2.44. The van der Waals surface area contributed by atoms with Crippen molar-refractivity contribution < 1.29 is 19.6 Å². The fraction of sp³-hybridized carbons (Fsp3) is 0.143. The molecule has 2 N–H and O–H groups in total. The van der Waals surface area contributed by atoms with Gasteiger partial charge in [0.2, 0.25) is 5.91 Å². The summed E-state index contributed by atoms with van der Waals surface area (Å²) in [6.45, 7) is 0. The molecule has 0 heterocycles. The number of nitro groups is 1. The van der Waals surface area contributed by atoms with Crippen molar-refractivity contribution in [3.63, 3.8) is 0 Å². The van der Waals surface area contributed by atoms with Crippen molar-refractivity contribution in [1.82, 2.24) is 5.32 Å². The third-order valence-corrected chi connectivity index (χ3v) is 2.44. The number of nitrogens with zero attached hydrogens (tertiary/aromatic N) is 1. The Labute approximate surface area is 120 Å². The molecule has 7 heteroatoms. The Morgan fingerprint density at radius 1 is 1.52 bits per heavy atom. The van der Waals surface area contributed by atoms with Crippen molar-refractivity contribution in [2.24, 2.45) is 0 Å². The second-order valence-electron chi connectivity index (χ2n) is 3.99. The Morgan fingerprint density at radius 2 is 2.24 bits per heavy atom. The molecule has 1 amide bonds. The number of rotatable bonds is 6. The standard InChI is InChI=1S/C14H12N2O5/c1-2-4-12(14(18)19)15-13(17)8-7-10-5-3-6-11(9-10)16(20)21/h1,3,5-9,12H,4H2,(H,15,17)(H,18,19)/b8-7+. The van der Waals surface area contributed by atoms with E-state index in [0.717, 1.165) is 6.08 Å². The summed E-state index contributed by atoms with van der Waals surface area (Å²) in [6.07, 6.45) is 7.31. The van der Waals surface area contributed by atoms with Crippen LogP contribution in [-0.4, -0.2) is 27.9 Å². The Balaban J connectivity index is 2.74. The van der Waals surface area contributed by atoms with E-state index in [1.54, 1.807) is 6.07 Å². The molecule has 0 aromatic heterocycles. The largest absolute Gasteiger partial charge is 0.480 e. The lowest BCUT2D eigenvalue weighted by molar-refractivity contribution is -0.384. The molecule has 0 bridgehead atoms. The number of hydrogen-bond acceptors (Lipinski definition) is 4. The molecule has 0 fully saturated rings. The molecule has 0 aliphatic carbocycles. The van der Waals surface area contributed by atoms with Gasteiger partial charge in [-0.2, -0.15) is 0 Å². The summed E-state index contributed by atoms with van der Waals surface area (Å²) in [4.78, 5) is 32.4. The number of amides is 1. The second-order valence-corrected chi connectivity index (χ2v) is 3.99. The van der Waals surface area contributed by atoms with E-state index in [1.165, 1.54) is 24.3 Å². The summed E-state index contributed by atoms with van der Waals surface area (Å²) in [6, 6.07) is 4.50. The minimum absolute atomic E-state index is 0.103. The first-order valence-corrected chi connectivity index (χ1v) is 5.83. The maximum atomic E-state index is 11.6. The molecule has 0 saturated carbocycles. The molecule has 0 aliphatic rings. The van der Waals surface area contributed by atoms with Crippen molar-refractivity contribution in [3.05, 3.63) is 46.0 Å². The highest BCUT2D eigenvalue weighted by atomic mass is 16.6. The van der Waals surface area contributed by atoms with Crippen LogP contribution in [0.3, 0.4) is 0 Å². The lowest BCUT2D eigenvalue weighted by Crippen LogP contribution is -2.39. The molecule has 1 rings (SSSR count). The van der Waals surface area contributed by atoms with Gasteiger partial charge >= 0.3 is 5.97 Å². The quantitative estimate of drug-likeness (QED) is 0.354. The molecule has 7 nitrogen and oxygen atoms in total. The Hall–Kier alpha value is -3.14. The van der Waals surface area contributed by atoms with Crippen LogP contribution in [0.15, 0.2) is 30.3 Å². The van der Waals surface area contributed by atoms with Crippen LogP contribution in [0.25, 0.3) is 6.08 Å². The molecular weight excluding hydrogens is 276 g/mol. The average Bonchev–Trinajstić information content (AvgIpc) is 2.45. The van der Waals surface area contributed by atoms with E-state index in [2.05, 4.69) is 11.2 Å². The molecule has 1 unspecified atom stereocenters. The van der Waals surface area contributed by atoms with Crippen LogP contribution in [0.1, 0.15) is 12.0 Å². The summed E-state index contributed by atoms with van der Waals surface area (Å²) in [5.74, 6) is 0.273. The molecule has 108 valence electrons. The highest BCUT2D eigenvalue weighted by molar-refractivity contribution is 5.94. The van der Waals surface area contributed by atoms with Crippen LogP contribution in [0.4, 0.5) is 5.69 Å². The van der Waals surface area contributed by atoms with Gasteiger partial charge < -0.3 is 10.4 Å². The van der Waals surface area contributed by atoms with Gasteiger partial charge in [0.15, 0.2) is 0 Å². The molecule has 0 spiro atoms. The zero-order valence-corrected chi connectivity index (χ0v) is 10.9. The molecule has 1 atom stereocenters. The molecule has 21 heavy (non-hydrogen) atoms. The van der Waals surface area contributed by atoms with Crippen molar-refractivity contribution in [2.75, 3.05) is 0 Å². The predicted molar refractivity (Wildman–Crippen MR) is 75.1 cm³/mol. The molecule has 0 saturated heterocycles. The summed E-state index contributed by atoms with van der Waals surface area (Å²) >= 11 is 0. The van der Waals surface area contributed by atoms with Crippen molar-refractivity contribution in [1.29, 1.82) is 0 Å². The van der Waals surface area contributed by atoms with Gasteiger partial charge in [0, 0.05) is 24.6 Å². The van der Waals surface area contributed by atoms with Gasteiger partial charge in [0.1, 0.15) is 6.04 Å². The van der Waals surface area contributed by atoms with E-state index in [1.807, 2.05) is 0 Å². The molecular formula is C14H12N2O5. The first kappa shape index (κ1) is 15.9. The zero-order valence-electron chi connectivity index (χ0n) is 10.9. The number of aliphatic carboxylic acids is 1. The lowest BCUT2D eigenvalue weighted by Gasteiger charge is -2.09. The third kappa shape index (κ3) is 5.16. The topological polar surface area (TPSA) is 110 Å². The smallest absolute Gasteiger partial charge is 0.327 e. The maximum Gasteiger partial charge on any atom is 0.327 e. The van der Waals surface area contributed by atoms with Gasteiger partial charge in [0.25, 0.3) is 5.69 Å². The summed E-state index contributed by atoms with van der Waals surface area (Å²) in [5, 5.41) is 21.7. The first-order valence-electron chi connectivity index (χ1n) is 5.83. The van der Waals surface area contributed by atoms with Crippen LogP contribution in [0.5, 0.6) is 0 Å². The molecule has 1 aromatic carbocycles. The van der Waals surface area contributed by atoms with E-state index < -0.39 is 22.8 Å². The fourth-order valence-corrected chi connectivity index (χ4v) is 1.45. The predicted octanol–water partition coefficient (Wildman–Crippen LogP) is 1.20. The number of non-ortho nitro benzene ring substituents is 1. The number of nitrogens with one attached hydrogen (secondary N) is 1. The van der Waals surface area contributed by atoms with Crippen molar-refractivity contribution >= 4 is 23.6 Å². The molecule has 1 aromatic rings. The monoisotopic (exact) mass is 288 g/mol. The van der Waals surface area contributed by atoms with E-state index >= 15 is 0 Å². The second kappa shape index (κ2) is 7.45. The zero-order chi connectivity index (χ0) is 15.8. The summed E-state index contributed by atoms with van der Waals surface area (Å²) < 4.78 is 0. The first-order chi connectivity index (χ1) is 9.93. The summed E-state index contributed by atoms with van der Waals surface area (Å²) in [7, 11) is 0. The van der Waals surface area contributed by atoms with E-state index in [-0.39, 0.29) is 12.1 Å². The Morgan fingerprint density at radius 3 is 2.81 bits per heavy atom. The minimum atomic E-state index is -1.23. The van der Waals surface area contributed by atoms with E-state index in [9.17, 15) is 19.7 Å². The van der Waals surface area contributed by atoms with Crippen LogP contribution >= 0.6 is 0 Å². The molecule has 0 aliphatic heterocycles. The normalized spacial score (nSPS) is 11.6. The van der Waals surface area contributed by atoms with Gasteiger partial charge in [-0.15, -0.1) is 12.3 Å². The number of carboxylic acids is 1. The van der Waals surface area contributed by atoms with E-state index in [0.29, 0.717) is 5.56 Å². The number of benzene rings is 1. The summed E-state index contributed by atoms with van der Waals surface area (Å²) in [5.41, 5.74) is 0.344. The number of hydrogen-bond donors (Lipinski definition) is 2. The van der Waals surface area contributed by atoms with Crippen LogP contribution < -0.4 is 5.32 Å². The van der Waals surface area contributed by atoms with E-state index in [4.69, 9.17) is 11.5 Å². The Kier molecular flexibility index (Phi) is 5.65. The van der Waals surface area contributed by atoms with Crippen molar-refractivity contribution in [3.8, 4) is 12.3 Å². The van der Waals surface area contributed by atoms with Crippen molar-refractivity contribution in [2.45, 2.75) is 12.5 Å².